The number of nitrogens with one attached hydrogen (secondary N) is 1. The van der Waals surface area contributed by atoms with E-state index in [1.807, 2.05) is 18.2 Å². The summed E-state index contributed by atoms with van der Waals surface area (Å²) in [5, 5.41) is 12.9. The fourth-order valence-electron chi connectivity index (χ4n) is 4.10. The Labute approximate surface area is 152 Å². The fourth-order valence-corrected chi connectivity index (χ4v) is 4.10. The van der Waals surface area contributed by atoms with Crippen LogP contribution < -0.4 is 14.8 Å². The van der Waals surface area contributed by atoms with Crippen LogP contribution in [0.15, 0.2) is 48.6 Å². The lowest BCUT2D eigenvalue weighted by atomic mass is 9.76. The first-order valence-electron chi connectivity index (χ1n) is 8.64. The van der Waals surface area contributed by atoms with Crippen LogP contribution in [-0.4, -0.2) is 25.3 Å². The van der Waals surface area contributed by atoms with Crippen molar-refractivity contribution in [3.63, 3.8) is 0 Å². The highest BCUT2D eigenvalue weighted by Gasteiger charge is 2.38. The van der Waals surface area contributed by atoms with E-state index in [-0.39, 0.29) is 12.0 Å². The zero-order valence-electron chi connectivity index (χ0n) is 14.7. The Balaban J connectivity index is 1.75. The van der Waals surface area contributed by atoms with Gasteiger partial charge in [0.25, 0.3) is 0 Å². The molecule has 5 nitrogen and oxygen atoms in total. The molecule has 4 rings (SSSR count). The lowest BCUT2D eigenvalue weighted by Gasteiger charge is -2.37. The Morgan fingerprint density at radius 3 is 2.65 bits per heavy atom. The molecular formula is C21H21NO4. The number of ether oxygens (including phenoxy) is 2. The number of carboxylic acid groups (broad SMARTS) is 1. The highest BCUT2D eigenvalue weighted by atomic mass is 16.5. The van der Waals surface area contributed by atoms with E-state index >= 15 is 0 Å². The molecule has 3 atom stereocenters. The molecule has 1 aliphatic carbocycles. The zero-order chi connectivity index (χ0) is 18.3. The molecule has 1 aliphatic heterocycles. The van der Waals surface area contributed by atoms with Crippen molar-refractivity contribution in [2.24, 2.45) is 5.92 Å². The van der Waals surface area contributed by atoms with Crippen LogP contribution >= 0.6 is 0 Å². The molecule has 2 aliphatic rings. The van der Waals surface area contributed by atoms with E-state index < -0.39 is 5.97 Å². The second-order valence-corrected chi connectivity index (χ2v) is 6.70. The molecule has 0 spiro atoms. The summed E-state index contributed by atoms with van der Waals surface area (Å²) >= 11 is 0. The molecule has 2 N–H and O–H groups in total. The largest absolute Gasteiger partial charge is 0.493 e. The molecule has 0 bridgehead atoms. The molecule has 5 heteroatoms. The monoisotopic (exact) mass is 351 g/mol. The lowest BCUT2D eigenvalue weighted by molar-refractivity contribution is 0.0696. The van der Waals surface area contributed by atoms with Crippen LogP contribution in [0.2, 0.25) is 0 Å². The van der Waals surface area contributed by atoms with E-state index in [2.05, 4.69) is 23.5 Å². The molecule has 0 saturated heterocycles. The van der Waals surface area contributed by atoms with Crippen LogP contribution in [0.5, 0.6) is 11.5 Å². The number of rotatable bonds is 4. The van der Waals surface area contributed by atoms with Crippen molar-refractivity contribution in [1.82, 2.24) is 0 Å². The van der Waals surface area contributed by atoms with Gasteiger partial charge in [0.2, 0.25) is 0 Å². The van der Waals surface area contributed by atoms with E-state index in [1.54, 1.807) is 26.4 Å². The van der Waals surface area contributed by atoms with E-state index in [9.17, 15) is 9.90 Å². The van der Waals surface area contributed by atoms with Crippen LogP contribution in [0.1, 0.15) is 39.9 Å². The Bertz CT molecular complexity index is 890. The number of carboxylic acids is 1. The molecule has 1 heterocycles. The maximum Gasteiger partial charge on any atom is 0.335 e. The Kier molecular flexibility index (Phi) is 4.07. The standard InChI is InChI=1S/C21H21NO4/c1-25-18-9-7-12(11-19(18)26-2)20-15-5-3-4-14(15)16-10-13(21(23)24)6-8-17(16)22-20/h3-4,6-11,14-15,20,22H,5H2,1-2H3,(H,23,24)/t14-,15-,20-/m0/s1. The molecule has 0 fully saturated rings. The molecule has 0 saturated carbocycles. The first kappa shape index (κ1) is 16.5. The van der Waals surface area contributed by atoms with Gasteiger partial charge in [0.15, 0.2) is 11.5 Å². The van der Waals surface area contributed by atoms with Gasteiger partial charge < -0.3 is 19.9 Å². The number of allylic oxidation sites excluding steroid dienone is 2. The third kappa shape index (κ3) is 2.60. The number of aromatic carboxylic acids is 1. The predicted molar refractivity (Wildman–Crippen MR) is 99.3 cm³/mol. The van der Waals surface area contributed by atoms with Crippen molar-refractivity contribution in [3.05, 3.63) is 65.2 Å². The minimum absolute atomic E-state index is 0.123. The van der Waals surface area contributed by atoms with Crippen molar-refractivity contribution < 1.29 is 19.4 Å². The van der Waals surface area contributed by atoms with Gasteiger partial charge in [0.1, 0.15) is 0 Å². The summed E-state index contributed by atoms with van der Waals surface area (Å²) in [6, 6.07) is 11.4. The normalized spacial score (nSPS) is 22.9. The Hall–Kier alpha value is -2.95. The van der Waals surface area contributed by atoms with Gasteiger partial charge in [0.05, 0.1) is 25.8 Å². The SMILES string of the molecule is COc1ccc([C@@H]2Nc3ccc(C(=O)O)cc3[C@H]3C=CC[C@@H]32)cc1OC. The Morgan fingerprint density at radius 1 is 1.12 bits per heavy atom. The topological polar surface area (TPSA) is 67.8 Å². The van der Waals surface area contributed by atoms with Gasteiger partial charge in [-0.1, -0.05) is 18.2 Å². The van der Waals surface area contributed by atoms with Crippen LogP contribution in [-0.2, 0) is 0 Å². The van der Waals surface area contributed by atoms with Crippen LogP contribution in [0.25, 0.3) is 0 Å². The first-order valence-corrected chi connectivity index (χ1v) is 8.64. The van der Waals surface area contributed by atoms with E-state index in [4.69, 9.17) is 9.47 Å². The van der Waals surface area contributed by atoms with Crippen molar-refractivity contribution in [3.8, 4) is 11.5 Å². The van der Waals surface area contributed by atoms with Crippen molar-refractivity contribution >= 4 is 11.7 Å². The number of carbonyl (C=O) groups is 1. The van der Waals surface area contributed by atoms with E-state index in [0.29, 0.717) is 23.0 Å². The number of methoxy groups -OCH3 is 2. The molecule has 0 radical (unpaired) electrons. The van der Waals surface area contributed by atoms with Gasteiger partial charge in [-0.2, -0.15) is 0 Å². The maximum absolute atomic E-state index is 11.3. The van der Waals surface area contributed by atoms with Crippen molar-refractivity contribution in [1.29, 1.82) is 0 Å². The number of hydrogen-bond donors (Lipinski definition) is 2. The summed E-state index contributed by atoms with van der Waals surface area (Å²) < 4.78 is 10.8. The van der Waals surface area contributed by atoms with Crippen molar-refractivity contribution in [2.45, 2.75) is 18.4 Å². The third-order valence-electron chi connectivity index (χ3n) is 5.38. The molecule has 134 valence electrons. The quantitative estimate of drug-likeness (QED) is 0.807. The van der Waals surface area contributed by atoms with Gasteiger partial charge in [0, 0.05) is 11.6 Å². The number of anilines is 1. The molecule has 26 heavy (non-hydrogen) atoms. The molecule has 2 aromatic carbocycles. The highest BCUT2D eigenvalue weighted by molar-refractivity contribution is 5.89. The van der Waals surface area contributed by atoms with Gasteiger partial charge in [-0.25, -0.2) is 4.79 Å². The summed E-state index contributed by atoms with van der Waals surface area (Å²) in [4.78, 5) is 11.3. The summed E-state index contributed by atoms with van der Waals surface area (Å²) in [5.74, 6) is 1.07. The number of fused-ring (bicyclic) bond motifs is 3. The smallest absolute Gasteiger partial charge is 0.335 e. The summed E-state index contributed by atoms with van der Waals surface area (Å²) in [7, 11) is 3.27. The molecule has 0 aromatic heterocycles. The van der Waals surface area contributed by atoms with E-state index in [0.717, 1.165) is 23.2 Å². The number of benzene rings is 2. The Morgan fingerprint density at radius 2 is 1.92 bits per heavy atom. The summed E-state index contributed by atoms with van der Waals surface area (Å²) in [6.45, 7) is 0. The average molecular weight is 351 g/mol. The molecule has 2 aromatic rings. The van der Waals surface area contributed by atoms with Gasteiger partial charge >= 0.3 is 5.97 Å². The zero-order valence-corrected chi connectivity index (χ0v) is 14.7. The maximum atomic E-state index is 11.3. The lowest BCUT2D eigenvalue weighted by Crippen LogP contribution is -2.29. The van der Waals surface area contributed by atoms with Gasteiger partial charge in [-0.15, -0.1) is 0 Å². The van der Waals surface area contributed by atoms with Gasteiger partial charge in [-0.05, 0) is 53.8 Å². The van der Waals surface area contributed by atoms with Crippen molar-refractivity contribution in [2.75, 3.05) is 19.5 Å². The minimum Gasteiger partial charge on any atom is -0.493 e. The average Bonchev–Trinajstić information content (AvgIpc) is 3.16. The molecule has 0 unspecified atom stereocenters. The van der Waals surface area contributed by atoms with Crippen LogP contribution in [0, 0.1) is 5.92 Å². The third-order valence-corrected chi connectivity index (χ3v) is 5.38. The fraction of sp³-hybridized carbons (Fsp3) is 0.286. The summed E-state index contributed by atoms with van der Waals surface area (Å²) in [6.07, 6.45) is 5.34. The van der Waals surface area contributed by atoms with Crippen LogP contribution in [0.4, 0.5) is 5.69 Å². The predicted octanol–water partition coefficient (Wildman–Crippen LogP) is 4.23. The van der Waals surface area contributed by atoms with Crippen LogP contribution in [0.3, 0.4) is 0 Å². The first-order chi connectivity index (χ1) is 12.6. The van der Waals surface area contributed by atoms with Gasteiger partial charge in [-0.3, -0.25) is 0 Å². The minimum atomic E-state index is -0.895. The number of hydrogen-bond acceptors (Lipinski definition) is 4. The second-order valence-electron chi connectivity index (χ2n) is 6.70. The second kappa shape index (κ2) is 6.41. The molecular weight excluding hydrogens is 330 g/mol. The molecule has 0 amide bonds. The van der Waals surface area contributed by atoms with E-state index in [1.165, 1.54) is 0 Å². The summed E-state index contributed by atoms with van der Waals surface area (Å²) in [5.41, 5.74) is 3.51. The highest BCUT2D eigenvalue weighted by Crippen LogP contribution is 2.50.